The average Bonchev–Trinajstić information content (AvgIpc) is 3.04. The van der Waals surface area contributed by atoms with Gasteiger partial charge in [0.2, 0.25) is 0 Å². The van der Waals surface area contributed by atoms with Crippen LogP contribution in [-0.4, -0.2) is 62.7 Å². The van der Waals surface area contributed by atoms with Crippen molar-refractivity contribution in [2.75, 3.05) is 40.8 Å². The van der Waals surface area contributed by atoms with Crippen molar-refractivity contribution >= 4 is 0 Å². The van der Waals surface area contributed by atoms with E-state index in [1.165, 1.54) is 45.3 Å². The van der Waals surface area contributed by atoms with Crippen LogP contribution in [0.4, 0.5) is 0 Å². The normalized spacial score (nSPS) is 26.2. The van der Waals surface area contributed by atoms with E-state index in [9.17, 15) is 0 Å². The van der Waals surface area contributed by atoms with Crippen molar-refractivity contribution in [3.05, 3.63) is 0 Å². The van der Waals surface area contributed by atoms with E-state index in [4.69, 9.17) is 0 Å². The van der Waals surface area contributed by atoms with Crippen molar-refractivity contribution in [1.82, 2.24) is 15.1 Å². The Hall–Kier alpha value is -0.120. The number of likely N-dealkylation sites (N-methyl/N-ethyl adjacent to an activating group) is 1. The Labute approximate surface area is 100 Å². The molecule has 0 aromatic rings. The maximum absolute atomic E-state index is 3.69. The first kappa shape index (κ1) is 12.3. The summed E-state index contributed by atoms with van der Waals surface area (Å²) in [4.78, 5) is 4.88. The van der Waals surface area contributed by atoms with Gasteiger partial charge in [-0.05, 0) is 65.8 Å². The summed E-state index contributed by atoms with van der Waals surface area (Å²) in [5, 5.41) is 3.69. The molecule has 0 bridgehead atoms. The molecule has 1 heterocycles. The lowest BCUT2D eigenvalue weighted by Crippen LogP contribution is -2.47. The van der Waals surface area contributed by atoms with Gasteiger partial charge >= 0.3 is 0 Å². The molecule has 0 aromatic carbocycles. The Morgan fingerprint density at radius 2 is 1.81 bits per heavy atom. The van der Waals surface area contributed by atoms with E-state index in [-0.39, 0.29) is 0 Å². The summed E-state index contributed by atoms with van der Waals surface area (Å²) in [5.74, 6) is 0.887. The number of nitrogens with zero attached hydrogens (tertiary/aromatic N) is 2. The molecule has 1 saturated carbocycles. The summed E-state index contributed by atoms with van der Waals surface area (Å²) in [7, 11) is 6.71. The second kappa shape index (κ2) is 5.48. The number of hydrogen-bond acceptors (Lipinski definition) is 3. The minimum Gasteiger partial charge on any atom is -0.312 e. The van der Waals surface area contributed by atoms with Gasteiger partial charge in [-0.2, -0.15) is 0 Å². The predicted molar refractivity (Wildman–Crippen MR) is 68.7 cm³/mol. The highest BCUT2D eigenvalue weighted by Gasteiger charge is 2.29. The number of nitrogens with one attached hydrogen (secondary N) is 1. The van der Waals surface area contributed by atoms with Crippen molar-refractivity contribution in [3.8, 4) is 0 Å². The molecule has 1 atom stereocenters. The zero-order chi connectivity index (χ0) is 11.5. The van der Waals surface area contributed by atoms with Crippen molar-refractivity contribution < 1.29 is 0 Å². The van der Waals surface area contributed by atoms with Gasteiger partial charge in [0.25, 0.3) is 0 Å². The fraction of sp³-hybridized carbons (Fsp3) is 1.00. The lowest BCUT2D eigenvalue weighted by Gasteiger charge is -2.37. The van der Waals surface area contributed by atoms with Crippen LogP contribution in [0.5, 0.6) is 0 Å². The molecule has 1 aliphatic heterocycles. The van der Waals surface area contributed by atoms with Crippen molar-refractivity contribution in [2.45, 2.75) is 37.8 Å². The van der Waals surface area contributed by atoms with Crippen molar-refractivity contribution in [2.24, 2.45) is 5.92 Å². The quantitative estimate of drug-likeness (QED) is 0.753. The molecule has 1 unspecified atom stereocenters. The van der Waals surface area contributed by atoms with Crippen LogP contribution >= 0.6 is 0 Å². The molecule has 0 radical (unpaired) electrons. The molecule has 0 amide bonds. The Balaban J connectivity index is 1.80. The van der Waals surface area contributed by atoms with E-state index < -0.39 is 0 Å². The zero-order valence-corrected chi connectivity index (χ0v) is 11.1. The Morgan fingerprint density at radius 1 is 1.19 bits per heavy atom. The van der Waals surface area contributed by atoms with Gasteiger partial charge in [-0.15, -0.1) is 0 Å². The van der Waals surface area contributed by atoms with Gasteiger partial charge in [0.15, 0.2) is 0 Å². The maximum Gasteiger partial charge on any atom is 0.0243 e. The zero-order valence-electron chi connectivity index (χ0n) is 11.1. The minimum absolute atomic E-state index is 0.731. The highest BCUT2D eigenvalue weighted by molar-refractivity contribution is 4.87. The van der Waals surface area contributed by atoms with Crippen LogP contribution in [0, 0.1) is 5.92 Å². The lowest BCUT2D eigenvalue weighted by atomic mass is 9.89. The summed E-state index contributed by atoms with van der Waals surface area (Å²) >= 11 is 0. The number of likely N-dealkylation sites (tertiary alicyclic amines) is 1. The predicted octanol–water partition coefficient (Wildman–Crippen LogP) is 1.01. The van der Waals surface area contributed by atoms with Gasteiger partial charge in [0.05, 0.1) is 0 Å². The Morgan fingerprint density at radius 3 is 2.31 bits per heavy atom. The smallest absolute Gasteiger partial charge is 0.0243 e. The van der Waals surface area contributed by atoms with Crippen LogP contribution in [0.1, 0.15) is 25.7 Å². The average molecular weight is 225 g/mol. The van der Waals surface area contributed by atoms with E-state index >= 15 is 0 Å². The number of hydrogen-bond donors (Lipinski definition) is 1. The van der Waals surface area contributed by atoms with E-state index in [1.807, 2.05) is 0 Å². The molecule has 94 valence electrons. The van der Waals surface area contributed by atoms with Gasteiger partial charge in [0.1, 0.15) is 0 Å². The second-order valence-corrected chi connectivity index (χ2v) is 5.85. The molecule has 1 saturated heterocycles. The van der Waals surface area contributed by atoms with Crippen LogP contribution < -0.4 is 5.32 Å². The summed E-state index contributed by atoms with van der Waals surface area (Å²) < 4.78 is 0. The molecule has 1 N–H and O–H groups in total. The number of rotatable bonds is 5. The largest absolute Gasteiger partial charge is 0.312 e. The highest BCUT2D eigenvalue weighted by Crippen LogP contribution is 2.24. The van der Waals surface area contributed by atoms with Gasteiger partial charge in [-0.3, -0.25) is 0 Å². The van der Waals surface area contributed by atoms with Crippen LogP contribution in [-0.2, 0) is 0 Å². The van der Waals surface area contributed by atoms with Crippen LogP contribution in [0.3, 0.4) is 0 Å². The van der Waals surface area contributed by atoms with Crippen molar-refractivity contribution in [1.29, 1.82) is 0 Å². The van der Waals surface area contributed by atoms with E-state index in [0.717, 1.165) is 18.0 Å². The molecule has 16 heavy (non-hydrogen) atoms. The minimum atomic E-state index is 0.731. The third-order valence-electron chi connectivity index (χ3n) is 4.16. The standard InChI is InChI=1S/C13H27N3/c1-15(2)13(10-14-12-4-5-12)11-6-8-16(3)9-7-11/h11-14H,4-10H2,1-3H3. The van der Waals surface area contributed by atoms with Gasteiger partial charge in [-0.1, -0.05) is 0 Å². The Bertz CT molecular complexity index is 205. The summed E-state index contributed by atoms with van der Waals surface area (Å²) in [6.45, 7) is 3.74. The SMILES string of the molecule is CN1CCC(C(CNC2CC2)N(C)C)CC1. The van der Waals surface area contributed by atoms with Gasteiger partial charge in [-0.25, -0.2) is 0 Å². The molecule has 0 spiro atoms. The summed E-state index contributed by atoms with van der Waals surface area (Å²) in [6, 6.07) is 1.57. The summed E-state index contributed by atoms with van der Waals surface area (Å²) in [6.07, 6.45) is 5.53. The third-order valence-corrected chi connectivity index (χ3v) is 4.16. The van der Waals surface area contributed by atoms with E-state index in [0.29, 0.717) is 0 Å². The third kappa shape index (κ3) is 3.44. The van der Waals surface area contributed by atoms with E-state index in [2.05, 4.69) is 36.3 Å². The molecule has 2 fully saturated rings. The fourth-order valence-electron chi connectivity index (χ4n) is 2.76. The molecular weight excluding hydrogens is 198 g/mol. The molecule has 0 aromatic heterocycles. The number of piperidine rings is 1. The molecule has 1 aliphatic carbocycles. The lowest BCUT2D eigenvalue weighted by molar-refractivity contribution is 0.129. The first-order chi connectivity index (χ1) is 7.66. The maximum atomic E-state index is 3.69. The van der Waals surface area contributed by atoms with Crippen LogP contribution in [0.25, 0.3) is 0 Å². The van der Waals surface area contributed by atoms with Gasteiger partial charge < -0.3 is 15.1 Å². The Kier molecular flexibility index (Phi) is 4.22. The van der Waals surface area contributed by atoms with Crippen molar-refractivity contribution in [3.63, 3.8) is 0 Å². The topological polar surface area (TPSA) is 18.5 Å². The fourth-order valence-corrected chi connectivity index (χ4v) is 2.76. The second-order valence-electron chi connectivity index (χ2n) is 5.85. The molecule has 2 rings (SSSR count). The highest BCUT2D eigenvalue weighted by atomic mass is 15.2. The van der Waals surface area contributed by atoms with Crippen LogP contribution in [0.2, 0.25) is 0 Å². The van der Waals surface area contributed by atoms with Gasteiger partial charge in [0, 0.05) is 18.6 Å². The molecular formula is C13H27N3. The molecule has 3 heteroatoms. The first-order valence-corrected chi connectivity index (χ1v) is 6.75. The molecule has 2 aliphatic rings. The van der Waals surface area contributed by atoms with E-state index in [1.54, 1.807) is 0 Å². The summed E-state index contributed by atoms with van der Waals surface area (Å²) in [5.41, 5.74) is 0. The molecule has 3 nitrogen and oxygen atoms in total. The van der Waals surface area contributed by atoms with Crippen LogP contribution in [0.15, 0.2) is 0 Å². The first-order valence-electron chi connectivity index (χ1n) is 6.75. The monoisotopic (exact) mass is 225 g/mol.